The van der Waals surface area contributed by atoms with Crippen molar-refractivity contribution in [1.29, 1.82) is 0 Å². The number of amides is 3. The fourth-order valence-corrected chi connectivity index (χ4v) is 11.1. The first-order valence-corrected chi connectivity index (χ1v) is 24.8. The number of nitrogens with zero attached hydrogens (tertiary/aromatic N) is 7. The molecule has 6 heterocycles. The molecule has 71 heavy (non-hydrogen) atoms. The van der Waals surface area contributed by atoms with Crippen LogP contribution in [0.25, 0.3) is 32.2 Å². The molecule has 15 nitrogen and oxygen atoms in total. The van der Waals surface area contributed by atoms with Crippen molar-refractivity contribution in [3.8, 4) is 22.6 Å². The van der Waals surface area contributed by atoms with Gasteiger partial charge in [-0.2, -0.15) is 5.10 Å². The Bertz CT molecular complexity index is 3360. The van der Waals surface area contributed by atoms with E-state index in [0.717, 1.165) is 88.3 Å². The third kappa shape index (κ3) is 9.07. The average molecular weight is 966 g/mol. The molecule has 3 amide bonds. The lowest BCUT2D eigenvalue weighted by molar-refractivity contribution is -0.134. The minimum absolute atomic E-state index is 0.0624. The molecule has 5 aromatic carbocycles. The third-order valence-electron chi connectivity index (χ3n) is 14.0. The number of aryl methyl sites for hydroxylation is 1. The van der Waals surface area contributed by atoms with Gasteiger partial charge in [0.1, 0.15) is 17.3 Å². The lowest BCUT2D eigenvalue weighted by Gasteiger charge is -2.36. The topological polar surface area (TPSA) is 175 Å². The summed E-state index contributed by atoms with van der Waals surface area (Å²) >= 11 is 1.43. The molecule has 358 valence electrons. The summed E-state index contributed by atoms with van der Waals surface area (Å²) in [5.74, 6) is -0.506. The summed E-state index contributed by atoms with van der Waals surface area (Å²) in [5, 5.41) is 22.3. The molecule has 3 aliphatic heterocycles. The van der Waals surface area contributed by atoms with Crippen LogP contribution in [0.5, 0.6) is 11.5 Å². The predicted molar refractivity (Wildman–Crippen MR) is 275 cm³/mol. The monoisotopic (exact) mass is 965 g/mol. The average Bonchev–Trinajstić information content (AvgIpc) is 3.96. The van der Waals surface area contributed by atoms with Crippen LogP contribution in [0.1, 0.15) is 67.6 Å². The number of benzene rings is 5. The van der Waals surface area contributed by atoms with Crippen molar-refractivity contribution in [2.75, 3.05) is 54.4 Å². The second-order valence-electron chi connectivity index (χ2n) is 18.4. The Kier molecular flexibility index (Phi) is 12.2. The molecule has 8 aromatic rings. The molecule has 11 rings (SSSR count). The Balaban J connectivity index is 0.720. The molecule has 0 bridgehead atoms. The number of nitrogens with one attached hydrogen (secondary N) is 2. The summed E-state index contributed by atoms with van der Waals surface area (Å²) in [6, 6.07) is 37.1. The van der Waals surface area contributed by atoms with Crippen LogP contribution < -0.4 is 25.2 Å². The van der Waals surface area contributed by atoms with E-state index in [1.807, 2.05) is 121 Å². The first-order chi connectivity index (χ1) is 34.5. The largest absolute Gasteiger partial charge is 0.476 e. The van der Waals surface area contributed by atoms with Gasteiger partial charge in [0.25, 0.3) is 5.91 Å². The second-order valence-corrected chi connectivity index (χ2v) is 19.4. The van der Waals surface area contributed by atoms with E-state index in [1.54, 1.807) is 0 Å². The van der Waals surface area contributed by atoms with Gasteiger partial charge in [0.05, 0.1) is 33.0 Å². The van der Waals surface area contributed by atoms with E-state index in [0.29, 0.717) is 71.5 Å². The van der Waals surface area contributed by atoms with E-state index < -0.39 is 11.9 Å². The summed E-state index contributed by atoms with van der Waals surface area (Å²) in [6.45, 7) is 7.40. The third-order valence-corrected chi connectivity index (χ3v) is 15.0. The Morgan fingerprint density at radius 1 is 0.831 bits per heavy atom. The van der Waals surface area contributed by atoms with Crippen LogP contribution in [0.15, 0.2) is 115 Å². The van der Waals surface area contributed by atoms with Crippen molar-refractivity contribution in [2.45, 2.75) is 45.1 Å². The van der Waals surface area contributed by atoms with Gasteiger partial charge in [-0.25, -0.2) is 14.8 Å². The number of carbonyl (C=O) groups excluding carboxylic acids is 3. The number of piperidine rings is 1. The van der Waals surface area contributed by atoms with Gasteiger partial charge >= 0.3 is 5.97 Å². The molecule has 0 aliphatic carbocycles. The van der Waals surface area contributed by atoms with Crippen LogP contribution in [-0.4, -0.2) is 92.7 Å². The molecule has 16 heteroatoms. The van der Waals surface area contributed by atoms with Crippen LogP contribution >= 0.6 is 11.3 Å². The molecular weight excluding hydrogens is 915 g/mol. The van der Waals surface area contributed by atoms with Crippen molar-refractivity contribution >= 4 is 72.8 Å². The number of para-hydroxylation sites is 2. The minimum atomic E-state index is -1.14. The van der Waals surface area contributed by atoms with Gasteiger partial charge in [-0.15, -0.1) is 0 Å². The number of imide groups is 1. The second kappa shape index (κ2) is 19.1. The van der Waals surface area contributed by atoms with Crippen LogP contribution in [0.3, 0.4) is 0 Å². The molecule has 0 radical (unpaired) electrons. The number of carbonyl (C=O) groups is 4. The van der Waals surface area contributed by atoms with Gasteiger partial charge in [-0.05, 0) is 109 Å². The number of carboxylic acid groups (broad SMARTS) is 1. The number of thiazole rings is 1. The Morgan fingerprint density at radius 2 is 1.63 bits per heavy atom. The van der Waals surface area contributed by atoms with E-state index in [9.17, 15) is 24.3 Å². The molecule has 1 atom stereocenters. The number of ether oxygens (including phenoxy) is 1. The van der Waals surface area contributed by atoms with Crippen molar-refractivity contribution in [3.05, 3.63) is 154 Å². The first kappa shape index (κ1) is 45.5. The summed E-state index contributed by atoms with van der Waals surface area (Å²) < 4.78 is 9.29. The SMILES string of the molecule is Cc1c(Oc2ccc(CCN3CCN(c4cccc5c(C6CCC(=O)NC6=O)nn(C)c45)CC3)cc2)cccc1-c1ccc(N2CCc3cccc(C(=O)Nc4nc5ccccc5s4)c3C2)nc1C(=O)O. The van der Waals surface area contributed by atoms with Gasteiger partial charge in [0.15, 0.2) is 10.8 Å². The van der Waals surface area contributed by atoms with E-state index >= 15 is 0 Å². The number of carboxylic acids is 1. The number of anilines is 3. The fourth-order valence-electron chi connectivity index (χ4n) is 10.3. The number of hydrogen-bond donors (Lipinski definition) is 3. The summed E-state index contributed by atoms with van der Waals surface area (Å²) in [7, 11) is 1.92. The maximum Gasteiger partial charge on any atom is 0.355 e. The molecule has 3 aromatic heterocycles. The van der Waals surface area contributed by atoms with Gasteiger partial charge in [-0.3, -0.25) is 34.6 Å². The Morgan fingerprint density at radius 3 is 2.44 bits per heavy atom. The fraction of sp³-hybridized carbons (Fsp3) is 0.255. The van der Waals surface area contributed by atoms with Crippen LogP contribution in [-0.2, 0) is 36.0 Å². The van der Waals surface area contributed by atoms with E-state index in [4.69, 9.17) is 14.8 Å². The lowest BCUT2D eigenvalue weighted by Crippen LogP contribution is -2.47. The molecule has 0 saturated carbocycles. The van der Waals surface area contributed by atoms with E-state index in [2.05, 4.69) is 43.6 Å². The first-order valence-electron chi connectivity index (χ1n) is 23.9. The van der Waals surface area contributed by atoms with Crippen molar-refractivity contribution in [1.82, 2.24) is 30.0 Å². The van der Waals surface area contributed by atoms with E-state index in [1.165, 1.54) is 16.9 Å². The number of piperazine rings is 1. The smallest absolute Gasteiger partial charge is 0.355 e. The number of hydrogen-bond acceptors (Lipinski definition) is 12. The molecule has 3 aliphatic rings. The highest BCUT2D eigenvalue weighted by atomic mass is 32.1. The predicted octanol–water partition coefficient (Wildman–Crippen LogP) is 8.74. The lowest BCUT2D eigenvalue weighted by atomic mass is 9.92. The minimum Gasteiger partial charge on any atom is -0.476 e. The zero-order chi connectivity index (χ0) is 48.8. The Labute approximate surface area is 413 Å². The van der Waals surface area contributed by atoms with Crippen molar-refractivity contribution in [2.24, 2.45) is 7.05 Å². The molecule has 1 unspecified atom stereocenters. The summed E-state index contributed by atoms with van der Waals surface area (Å²) in [6.07, 6.45) is 2.33. The molecular formula is C55H51N9O6S. The van der Waals surface area contributed by atoms with Crippen molar-refractivity contribution < 1.29 is 29.0 Å². The highest BCUT2D eigenvalue weighted by molar-refractivity contribution is 7.22. The molecule has 2 saturated heterocycles. The highest BCUT2D eigenvalue weighted by Gasteiger charge is 2.33. The molecule has 2 fully saturated rings. The van der Waals surface area contributed by atoms with Crippen molar-refractivity contribution in [3.63, 3.8) is 0 Å². The Hall–Kier alpha value is -7.95. The highest BCUT2D eigenvalue weighted by Crippen LogP contribution is 2.38. The number of fused-ring (bicyclic) bond motifs is 3. The van der Waals surface area contributed by atoms with Gasteiger partial charge in [0.2, 0.25) is 11.8 Å². The van der Waals surface area contributed by atoms with Gasteiger partial charge < -0.3 is 19.6 Å². The summed E-state index contributed by atoms with van der Waals surface area (Å²) in [4.78, 5) is 67.3. The zero-order valence-corrected chi connectivity index (χ0v) is 40.2. The van der Waals surface area contributed by atoms with E-state index in [-0.39, 0.29) is 23.4 Å². The molecule has 3 N–H and O–H groups in total. The maximum absolute atomic E-state index is 13.7. The normalized spacial score (nSPS) is 16.3. The number of aromatic carboxylic acids is 1. The summed E-state index contributed by atoms with van der Waals surface area (Å²) in [5.41, 5.74) is 9.29. The standard InChI is InChI=1S/C55H51N9O6S/c1-33-37(38-20-22-47(57-50(38)54(68)69)64-27-25-35-8-5-10-39(42(35)32-64)52(66)59-55-56-43-12-3-4-15-46(43)71-55)9-7-14-45(33)70-36-18-16-34(17-19-36)24-26-62-28-30-63(31-29-62)44-13-6-11-40-49(60-61(2)51(40)44)41-21-23-48(65)58-53(41)67/h3-20,22,41H,21,23-32H2,1-2H3,(H,68,69)(H,56,59,66)(H,58,65,67). The number of rotatable bonds is 12. The van der Waals surface area contributed by atoms with Crippen LogP contribution in [0, 0.1) is 6.92 Å². The zero-order valence-electron chi connectivity index (χ0n) is 39.4. The van der Waals surface area contributed by atoms with Crippen LogP contribution in [0.2, 0.25) is 0 Å². The molecule has 0 spiro atoms. The quantitative estimate of drug-likeness (QED) is 0.0995. The van der Waals surface area contributed by atoms with Gasteiger partial charge in [-0.1, -0.05) is 72.0 Å². The van der Waals surface area contributed by atoms with Gasteiger partial charge in [0, 0.05) is 75.8 Å². The maximum atomic E-state index is 13.7. The van der Waals surface area contributed by atoms with Crippen LogP contribution in [0.4, 0.5) is 16.6 Å². The number of pyridine rings is 1. The number of aromatic nitrogens is 4.